The van der Waals surface area contributed by atoms with Crippen LogP contribution in [0.15, 0.2) is 28.7 Å². The minimum Gasteiger partial charge on any atom is -0.492 e. The van der Waals surface area contributed by atoms with Gasteiger partial charge in [0.1, 0.15) is 12.4 Å². The molecule has 3 heteroatoms. The fourth-order valence-electron chi connectivity index (χ4n) is 1.21. The van der Waals surface area contributed by atoms with Gasteiger partial charge in [0, 0.05) is 16.6 Å². The van der Waals surface area contributed by atoms with Crippen LogP contribution in [0, 0.1) is 0 Å². The average molecular weight is 286 g/mol. The van der Waals surface area contributed by atoms with Crippen LogP contribution in [0.2, 0.25) is 0 Å². The zero-order valence-corrected chi connectivity index (χ0v) is 11.8. The maximum absolute atomic E-state index is 5.62. The molecule has 1 aromatic carbocycles. The molecule has 1 aromatic rings. The monoisotopic (exact) mass is 285 g/mol. The molecular formula is C13H20BrNO. The van der Waals surface area contributed by atoms with E-state index in [-0.39, 0.29) is 5.54 Å². The van der Waals surface area contributed by atoms with E-state index >= 15 is 0 Å². The van der Waals surface area contributed by atoms with Crippen LogP contribution in [-0.4, -0.2) is 18.7 Å². The SMILES string of the molecule is CCC(C)(C)NCCOc1ccc(Br)cc1. The lowest BCUT2D eigenvalue weighted by Gasteiger charge is -2.24. The van der Waals surface area contributed by atoms with E-state index in [0.717, 1.165) is 23.2 Å². The summed E-state index contributed by atoms with van der Waals surface area (Å²) in [7, 11) is 0. The molecule has 0 bridgehead atoms. The highest BCUT2D eigenvalue weighted by Gasteiger charge is 2.12. The number of rotatable bonds is 6. The lowest BCUT2D eigenvalue weighted by atomic mass is 10.0. The van der Waals surface area contributed by atoms with Crippen molar-refractivity contribution in [3.05, 3.63) is 28.7 Å². The van der Waals surface area contributed by atoms with E-state index < -0.39 is 0 Å². The van der Waals surface area contributed by atoms with Gasteiger partial charge in [-0.15, -0.1) is 0 Å². The summed E-state index contributed by atoms with van der Waals surface area (Å²) in [6.45, 7) is 8.16. The molecule has 1 N–H and O–H groups in total. The molecule has 0 heterocycles. The summed E-state index contributed by atoms with van der Waals surface area (Å²) in [6.07, 6.45) is 1.12. The molecule has 0 spiro atoms. The van der Waals surface area contributed by atoms with Gasteiger partial charge in [-0.3, -0.25) is 0 Å². The van der Waals surface area contributed by atoms with Gasteiger partial charge in [-0.25, -0.2) is 0 Å². The van der Waals surface area contributed by atoms with Gasteiger partial charge in [0.2, 0.25) is 0 Å². The predicted octanol–water partition coefficient (Wildman–Crippen LogP) is 3.61. The second-order valence-corrected chi connectivity index (χ2v) is 5.38. The van der Waals surface area contributed by atoms with Gasteiger partial charge in [0.25, 0.3) is 0 Å². The van der Waals surface area contributed by atoms with Crippen molar-refractivity contribution in [3.8, 4) is 5.75 Å². The standard InChI is InChI=1S/C13H20BrNO/c1-4-13(2,3)15-9-10-16-12-7-5-11(14)6-8-12/h5-8,15H,4,9-10H2,1-3H3. The first kappa shape index (κ1) is 13.5. The minimum atomic E-state index is 0.197. The predicted molar refractivity (Wildman–Crippen MR) is 72.0 cm³/mol. The van der Waals surface area contributed by atoms with E-state index in [9.17, 15) is 0 Å². The number of nitrogens with one attached hydrogen (secondary N) is 1. The lowest BCUT2D eigenvalue weighted by molar-refractivity contribution is 0.281. The van der Waals surface area contributed by atoms with Gasteiger partial charge in [-0.05, 0) is 44.5 Å². The van der Waals surface area contributed by atoms with Crippen LogP contribution in [0.4, 0.5) is 0 Å². The van der Waals surface area contributed by atoms with Gasteiger partial charge in [-0.2, -0.15) is 0 Å². The topological polar surface area (TPSA) is 21.3 Å². The minimum absolute atomic E-state index is 0.197. The Bertz CT molecular complexity index is 308. The van der Waals surface area contributed by atoms with Crippen LogP contribution in [0.5, 0.6) is 5.75 Å². The molecule has 2 nitrogen and oxygen atoms in total. The molecule has 16 heavy (non-hydrogen) atoms. The molecule has 0 saturated carbocycles. The molecule has 90 valence electrons. The summed E-state index contributed by atoms with van der Waals surface area (Å²) in [6, 6.07) is 7.90. The molecular weight excluding hydrogens is 266 g/mol. The molecule has 0 amide bonds. The fraction of sp³-hybridized carbons (Fsp3) is 0.538. The first-order valence-corrected chi connectivity index (χ1v) is 6.46. The van der Waals surface area contributed by atoms with Crippen molar-refractivity contribution < 1.29 is 4.74 Å². The second-order valence-electron chi connectivity index (χ2n) is 4.47. The van der Waals surface area contributed by atoms with Crippen molar-refractivity contribution >= 4 is 15.9 Å². The molecule has 0 saturated heterocycles. The summed E-state index contributed by atoms with van der Waals surface area (Å²) in [4.78, 5) is 0. The van der Waals surface area contributed by atoms with Gasteiger partial charge >= 0.3 is 0 Å². The van der Waals surface area contributed by atoms with Crippen molar-refractivity contribution in [2.75, 3.05) is 13.2 Å². The molecule has 0 aromatic heterocycles. The summed E-state index contributed by atoms with van der Waals surface area (Å²) < 4.78 is 6.69. The van der Waals surface area contributed by atoms with Crippen LogP contribution in [0.25, 0.3) is 0 Å². The van der Waals surface area contributed by atoms with Gasteiger partial charge in [-0.1, -0.05) is 22.9 Å². The Balaban J connectivity index is 2.23. The smallest absolute Gasteiger partial charge is 0.119 e. The van der Waals surface area contributed by atoms with Crippen LogP contribution in [0.1, 0.15) is 27.2 Å². The first-order chi connectivity index (χ1) is 7.53. The zero-order valence-electron chi connectivity index (χ0n) is 10.2. The Morgan fingerprint density at radius 2 is 1.88 bits per heavy atom. The number of halogens is 1. The third-order valence-electron chi connectivity index (χ3n) is 2.67. The van der Waals surface area contributed by atoms with E-state index in [1.54, 1.807) is 0 Å². The molecule has 0 radical (unpaired) electrons. The largest absolute Gasteiger partial charge is 0.492 e. The lowest BCUT2D eigenvalue weighted by Crippen LogP contribution is -2.40. The van der Waals surface area contributed by atoms with Crippen LogP contribution >= 0.6 is 15.9 Å². The molecule has 1 rings (SSSR count). The quantitative estimate of drug-likeness (QED) is 0.807. The van der Waals surface area contributed by atoms with E-state index in [0.29, 0.717) is 6.61 Å². The van der Waals surface area contributed by atoms with E-state index in [4.69, 9.17) is 4.74 Å². The van der Waals surface area contributed by atoms with Crippen molar-refractivity contribution in [2.45, 2.75) is 32.7 Å². The van der Waals surface area contributed by atoms with Crippen molar-refractivity contribution in [1.82, 2.24) is 5.32 Å². The Hall–Kier alpha value is -0.540. The molecule has 0 aliphatic carbocycles. The van der Waals surface area contributed by atoms with E-state index in [1.807, 2.05) is 24.3 Å². The Kier molecular flexibility index (Phi) is 5.29. The Morgan fingerprint density at radius 3 is 2.44 bits per heavy atom. The second kappa shape index (κ2) is 6.26. The van der Waals surface area contributed by atoms with Crippen molar-refractivity contribution in [3.63, 3.8) is 0 Å². The average Bonchev–Trinajstić information content (AvgIpc) is 2.27. The number of ether oxygens (including phenoxy) is 1. The maximum atomic E-state index is 5.62. The highest BCUT2D eigenvalue weighted by molar-refractivity contribution is 9.10. The highest BCUT2D eigenvalue weighted by Crippen LogP contribution is 2.15. The third-order valence-corrected chi connectivity index (χ3v) is 3.20. The Labute approximate surface area is 107 Å². The van der Waals surface area contributed by atoms with E-state index in [2.05, 4.69) is 42.0 Å². The van der Waals surface area contributed by atoms with Gasteiger partial charge in [0.05, 0.1) is 0 Å². The zero-order chi connectivity index (χ0) is 12.0. The normalized spacial score (nSPS) is 11.5. The molecule has 0 aliphatic heterocycles. The number of benzene rings is 1. The fourth-order valence-corrected chi connectivity index (χ4v) is 1.48. The van der Waals surface area contributed by atoms with Crippen molar-refractivity contribution in [2.24, 2.45) is 0 Å². The van der Waals surface area contributed by atoms with Gasteiger partial charge < -0.3 is 10.1 Å². The Morgan fingerprint density at radius 1 is 1.25 bits per heavy atom. The van der Waals surface area contributed by atoms with Gasteiger partial charge in [0.15, 0.2) is 0 Å². The summed E-state index contributed by atoms with van der Waals surface area (Å²) in [5, 5.41) is 3.46. The molecule has 0 aliphatic rings. The maximum Gasteiger partial charge on any atom is 0.119 e. The molecule has 0 unspecified atom stereocenters. The van der Waals surface area contributed by atoms with Crippen LogP contribution in [-0.2, 0) is 0 Å². The third kappa shape index (κ3) is 4.99. The van der Waals surface area contributed by atoms with Crippen LogP contribution < -0.4 is 10.1 Å². The summed E-state index contributed by atoms with van der Waals surface area (Å²) in [5.41, 5.74) is 0.197. The number of hydrogen-bond acceptors (Lipinski definition) is 2. The summed E-state index contributed by atoms with van der Waals surface area (Å²) in [5.74, 6) is 0.916. The van der Waals surface area contributed by atoms with Crippen molar-refractivity contribution in [1.29, 1.82) is 0 Å². The van der Waals surface area contributed by atoms with Crippen LogP contribution in [0.3, 0.4) is 0 Å². The summed E-state index contributed by atoms with van der Waals surface area (Å²) >= 11 is 3.39. The molecule has 0 fully saturated rings. The first-order valence-electron chi connectivity index (χ1n) is 5.67. The highest BCUT2D eigenvalue weighted by atomic mass is 79.9. The number of hydrogen-bond donors (Lipinski definition) is 1. The van der Waals surface area contributed by atoms with E-state index in [1.165, 1.54) is 0 Å². The molecule has 0 atom stereocenters.